The van der Waals surface area contributed by atoms with E-state index in [1.807, 2.05) is 13.8 Å². The van der Waals surface area contributed by atoms with Gasteiger partial charge < -0.3 is 4.74 Å². The van der Waals surface area contributed by atoms with Gasteiger partial charge in [-0.15, -0.1) is 6.58 Å². The van der Waals surface area contributed by atoms with Crippen LogP contribution in [-0.4, -0.2) is 52.7 Å². The third-order valence-corrected chi connectivity index (χ3v) is 11.7. The number of hydrogen-bond donors (Lipinski definition) is 0. The fraction of sp³-hybridized carbons (Fsp3) is 0.733. The fourth-order valence-electron chi connectivity index (χ4n) is 1.88. The Labute approximate surface area is 149 Å². The first kappa shape index (κ1) is 22.6. The van der Waals surface area contributed by atoms with Crippen molar-refractivity contribution in [1.82, 2.24) is 9.34 Å². The van der Waals surface area contributed by atoms with E-state index in [0.717, 1.165) is 6.42 Å². The average molecular weight is 381 g/mol. The molecule has 23 heavy (non-hydrogen) atoms. The van der Waals surface area contributed by atoms with Gasteiger partial charge in [0.15, 0.2) is 5.54 Å². The Hall–Kier alpha value is -0.360. The van der Waals surface area contributed by atoms with E-state index in [2.05, 4.69) is 25.1 Å². The minimum atomic E-state index is -2.47. The van der Waals surface area contributed by atoms with E-state index in [-0.39, 0.29) is 6.61 Å². The van der Waals surface area contributed by atoms with Crippen LogP contribution in [0.25, 0.3) is 0 Å². The van der Waals surface area contributed by atoms with Crippen LogP contribution in [0.1, 0.15) is 41.0 Å². The number of carbonyl (C=O) groups is 2. The monoisotopic (exact) mass is 380 g/mol. The summed E-state index contributed by atoms with van der Waals surface area (Å²) in [5.74, 6) is -1.47. The zero-order valence-electron chi connectivity index (χ0n) is 14.8. The van der Waals surface area contributed by atoms with Crippen LogP contribution in [0.4, 0.5) is 0 Å². The molecule has 134 valence electrons. The van der Waals surface area contributed by atoms with Crippen LogP contribution >= 0.6 is 16.9 Å². The predicted molar refractivity (Wildman–Crippen MR) is 103 cm³/mol. The van der Waals surface area contributed by atoms with Gasteiger partial charge in [-0.05, 0) is 32.1 Å². The molecular formula is C15H29N2O3PS2. The number of likely N-dealkylation sites (N-methyl/N-ethyl adjacent to an activating group) is 2. The third kappa shape index (κ3) is 6.22. The van der Waals surface area contributed by atoms with Gasteiger partial charge in [-0.2, -0.15) is 0 Å². The molecule has 8 heteroatoms. The maximum atomic E-state index is 12.6. The highest BCUT2D eigenvalue weighted by Crippen LogP contribution is 2.66. The van der Waals surface area contributed by atoms with Crippen LogP contribution < -0.4 is 0 Å². The van der Waals surface area contributed by atoms with E-state index in [4.69, 9.17) is 16.5 Å². The lowest BCUT2D eigenvalue weighted by Gasteiger charge is -2.41. The van der Waals surface area contributed by atoms with Gasteiger partial charge in [-0.3, -0.25) is 9.46 Å². The van der Waals surface area contributed by atoms with Gasteiger partial charge in [0.2, 0.25) is 0 Å². The molecule has 0 radical (unpaired) electrons. The molecule has 0 aliphatic rings. The summed E-state index contributed by atoms with van der Waals surface area (Å²) in [6.45, 7) is 15.3. The van der Waals surface area contributed by atoms with Crippen LogP contribution in [0.2, 0.25) is 0 Å². The molecule has 0 aliphatic heterocycles. The highest BCUT2D eigenvalue weighted by Gasteiger charge is 2.38. The highest BCUT2D eigenvalue weighted by atomic mass is 32.9. The first-order chi connectivity index (χ1) is 10.8. The van der Waals surface area contributed by atoms with Crippen molar-refractivity contribution in [2.75, 3.05) is 26.2 Å². The van der Waals surface area contributed by atoms with E-state index in [1.54, 1.807) is 24.4 Å². The van der Waals surface area contributed by atoms with Crippen LogP contribution in [-0.2, 0) is 26.1 Å². The van der Waals surface area contributed by atoms with Crippen molar-refractivity contribution in [1.29, 1.82) is 0 Å². The Kier molecular flexibility index (Phi) is 11.1. The van der Waals surface area contributed by atoms with Gasteiger partial charge in [0.05, 0.1) is 6.61 Å². The van der Waals surface area contributed by atoms with Gasteiger partial charge in [-0.1, -0.05) is 38.2 Å². The Morgan fingerprint density at radius 3 is 2.30 bits per heavy atom. The van der Waals surface area contributed by atoms with Gasteiger partial charge in [0, 0.05) is 24.9 Å². The average Bonchev–Trinajstić information content (AvgIpc) is 2.52. The second-order valence-corrected chi connectivity index (χ2v) is 12.3. The number of rotatable bonds is 10. The van der Waals surface area contributed by atoms with Crippen LogP contribution in [0.15, 0.2) is 12.7 Å². The molecule has 0 saturated heterocycles. The molecule has 0 aromatic carbocycles. The summed E-state index contributed by atoms with van der Waals surface area (Å²) in [5, 5.41) is 0.295. The lowest BCUT2D eigenvalue weighted by atomic mass is 10.4. The second-order valence-electron chi connectivity index (χ2n) is 4.85. The van der Waals surface area contributed by atoms with E-state index >= 15 is 0 Å². The van der Waals surface area contributed by atoms with Crippen LogP contribution in [0.5, 0.6) is 0 Å². The quantitative estimate of drug-likeness (QED) is 0.249. The minimum Gasteiger partial charge on any atom is -0.459 e. The Morgan fingerprint density at radius 1 is 1.30 bits per heavy atom. The molecule has 0 bridgehead atoms. The van der Waals surface area contributed by atoms with Crippen molar-refractivity contribution >= 4 is 40.6 Å². The van der Waals surface area contributed by atoms with Crippen molar-refractivity contribution in [3.63, 3.8) is 0 Å². The standard InChI is InChI=1S/C15H29N2O3PS2/c1-7-12-16(9-3)21(22,23-13(6)8-2)17(10-4)14(18)15(19)20-11-5/h7,13H,1,8-12H2,2-6H3. The molecule has 0 spiro atoms. The summed E-state index contributed by atoms with van der Waals surface area (Å²) in [6.07, 6.45) is 2.73. The molecule has 0 aromatic heterocycles. The Bertz CT molecular complexity index is 460. The molecular weight excluding hydrogens is 351 g/mol. The molecule has 2 atom stereocenters. The molecule has 0 rings (SSSR count). The van der Waals surface area contributed by atoms with Crippen molar-refractivity contribution in [2.45, 2.75) is 46.3 Å². The number of amides is 1. The normalized spacial score (nSPS) is 14.9. The molecule has 0 fully saturated rings. The zero-order valence-corrected chi connectivity index (χ0v) is 17.3. The summed E-state index contributed by atoms with van der Waals surface area (Å²) in [4.78, 5) is 24.5. The lowest BCUT2D eigenvalue weighted by Crippen LogP contribution is -2.39. The highest BCUT2D eigenvalue weighted by molar-refractivity contribution is 8.69. The Balaban J connectivity index is 5.76. The van der Waals surface area contributed by atoms with E-state index in [1.165, 1.54) is 4.67 Å². The second kappa shape index (κ2) is 11.2. The summed E-state index contributed by atoms with van der Waals surface area (Å²) in [6, 6.07) is 0. The van der Waals surface area contributed by atoms with Crippen LogP contribution in [0, 0.1) is 0 Å². The summed E-state index contributed by atoms with van der Waals surface area (Å²) >= 11 is 7.60. The largest absolute Gasteiger partial charge is 0.459 e. The number of ether oxygens (including phenoxy) is 1. The molecule has 0 heterocycles. The molecule has 5 nitrogen and oxygen atoms in total. The predicted octanol–water partition coefficient (Wildman–Crippen LogP) is 3.66. The van der Waals surface area contributed by atoms with Gasteiger partial charge in [0.1, 0.15) is 0 Å². The molecule has 0 aromatic rings. The SMILES string of the molecule is C=CCN(CC)P(=S)(SC(C)CC)N(CC)C(=O)C(=O)OCC. The Morgan fingerprint density at radius 2 is 1.91 bits per heavy atom. The molecule has 1 amide bonds. The number of hydrogen-bond acceptors (Lipinski definition) is 5. The maximum absolute atomic E-state index is 12.6. The maximum Gasteiger partial charge on any atom is 0.397 e. The van der Waals surface area contributed by atoms with Gasteiger partial charge in [0.25, 0.3) is 0 Å². The lowest BCUT2D eigenvalue weighted by molar-refractivity contribution is -0.157. The molecule has 0 saturated carbocycles. The number of nitrogens with zero attached hydrogens (tertiary/aromatic N) is 2. The molecule has 2 unspecified atom stereocenters. The summed E-state index contributed by atoms with van der Waals surface area (Å²) in [7, 11) is 0. The number of carbonyl (C=O) groups excluding carboxylic acids is 2. The van der Waals surface area contributed by atoms with Crippen LogP contribution in [0.3, 0.4) is 0 Å². The van der Waals surface area contributed by atoms with Gasteiger partial charge >= 0.3 is 11.9 Å². The number of esters is 1. The fourth-order valence-corrected chi connectivity index (χ4v) is 10.5. The van der Waals surface area contributed by atoms with E-state index in [0.29, 0.717) is 24.9 Å². The molecule has 0 N–H and O–H groups in total. The van der Waals surface area contributed by atoms with Crippen molar-refractivity contribution in [2.24, 2.45) is 0 Å². The molecule has 0 aliphatic carbocycles. The van der Waals surface area contributed by atoms with E-state index < -0.39 is 17.4 Å². The van der Waals surface area contributed by atoms with Crippen molar-refractivity contribution in [3.8, 4) is 0 Å². The van der Waals surface area contributed by atoms with Gasteiger partial charge in [-0.25, -0.2) is 9.46 Å². The first-order valence-electron chi connectivity index (χ1n) is 7.95. The topological polar surface area (TPSA) is 49.9 Å². The van der Waals surface area contributed by atoms with Crippen molar-refractivity contribution in [3.05, 3.63) is 12.7 Å². The minimum absolute atomic E-state index is 0.174. The summed E-state index contributed by atoms with van der Waals surface area (Å²) < 4.78 is 8.49. The summed E-state index contributed by atoms with van der Waals surface area (Å²) in [5.41, 5.74) is -2.47. The van der Waals surface area contributed by atoms with E-state index in [9.17, 15) is 9.59 Å². The first-order valence-corrected chi connectivity index (χ1v) is 12.1. The van der Waals surface area contributed by atoms with Crippen molar-refractivity contribution < 1.29 is 14.3 Å². The smallest absolute Gasteiger partial charge is 0.397 e. The zero-order chi connectivity index (χ0) is 18.0. The third-order valence-electron chi connectivity index (χ3n) is 3.24.